The van der Waals surface area contributed by atoms with Crippen molar-refractivity contribution in [2.75, 3.05) is 7.05 Å². The Hall–Kier alpha value is -1.35. The Balaban J connectivity index is 2.56. The number of amides is 1. The van der Waals surface area contributed by atoms with Crippen LogP contribution in [0.15, 0.2) is 30.3 Å². The van der Waals surface area contributed by atoms with Crippen molar-refractivity contribution >= 4 is 5.91 Å². The van der Waals surface area contributed by atoms with Crippen LogP contribution in [0, 0.1) is 0 Å². The predicted molar refractivity (Wildman–Crippen MR) is 77.8 cm³/mol. The third-order valence-corrected chi connectivity index (χ3v) is 3.60. The molecule has 0 radical (unpaired) electrons. The van der Waals surface area contributed by atoms with Gasteiger partial charge in [0, 0.05) is 13.5 Å². The van der Waals surface area contributed by atoms with Gasteiger partial charge in [-0.25, -0.2) is 0 Å². The summed E-state index contributed by atoms with van der Waals surface area (Å²) in [7, 11) is 1.77. The Labute approximate surface area is 116 Å². The first kappa shape index (κ1) is 15.7. The molecule has 1 aromatic rings. The van der Waals surface area contributed by atoms with Crippen molar-refractivity contribution in [2.45, 2.75) is 51.7 Å². The number of carbonyl (C=O) groups excluding carboxylic acids is 1. The molecule has 3 heteroatoms. The molecule has 0 fully saturated rings. The van der Waals surface area contributed by atoms with Crippen molar-refractivity contribution in [3.8, 4) is 0 Å². The molecule has 1 N–H and O–H groups in total. The lowest BCUT2D eigenvalue weighted by atomic mass is 10.0. The molecule has 0 saturated carbocycles. The van der Waals surface area contributed by atoms with Gasteiger partial charge in [0.2, 0.25) is 5.91 Å². The third kappa shape index (κ3) is 4.67. The van der Waals surface area contributed by atoms with Crippen molar-refractivity contribution in [2.24, 2.45) is 0 Å². The van der Waals surface area contributed by atoms with Crippen molar-refractivity contribution in [3.63, 3.8) is 0 Å². The zero-order valence-electron chi connectivity index (χ0n) is 12.2. The van der Waals surface area contributed by atoms with E-state index in [2.05, 4.69) is 6.92 Å². The Kier molecular flexibility index (Phi) is 6.57. The van der Waals surface area contributed by atoms with Crippen LogP contribution in [0.4, 0.5) is 0 Å². The van der Waals surface area contributed by atoms with E-state index in [-0.39, 0.29) is 11.9 Å². The van der Waals surface area contributed by atoms with Gasteiger partial charge in [-0.1, -0.05) is 50.1 Å². The molecule has 2 atom stereocenters. The van der Waals surface area contributed by atoms with Gasteiger partial charge in [0.25, 0.3) is 0 Å². The van der Waals surface area contributed by atoms with Gasteiger partial charge in [-0.05, 0) is 18.9 Å². The molecule has 1 amide bonds. The second-order valence-electron chi connectivity index (χ2n) is 5.06. The van der Waals surface area contributed by atoms with Gasteiger partial charge in [-0.2, -0.15) is 0 Å². The minimum absolute atomic E-state index is 0.107. The van der Waals surface area contributed by atoms with E-state index in [9.17, 15) is 9.90 Å². The normalized spacial score (nSPS) is 13.9. The fourth-order valence-corrected chi connectivity index (χ4v) is 2.07. The van der Waals surface area contributed by atoms with Crippen molar-refractivity contribution in [3.05, 3.63) is 35.9 Å². The molecule has 1 rings (SSSR count). The first-order chi connectivity index (χ1) is 9.07. The molecule has 0 aromatic heterocycles. The summed E-state index contributed by atoms with van der Waals surface area (Å²) in [5.41, 5.74) is 0.850. The van der Waals surface area contributed by atoms with Gasteiger partial charge >= 0.3 is 0 Å². The van der Waals surface area contributed by atoms with E-state index in [1.807, 2.05) is 37.3 Å². The topological polar surface area (TPSA) is 40.5 Å². The SMILES string of the molecule is CCCCCC(=O)N(C)[C@@H](C)[C@@H](O)c1ccccc1. The number of aliphatic hydroxyl groups is 1. The molecular formula is C16H25NO2. The molecule has 0 bridgehead atoms. The zero-order chi connectivity index (χ0) is 14.3. The van der Waals surface area contributed by atoms with E-state index in [0.717, 1.165) is 24.8 Å². The van der Waals surface area contributed by atoms with Crippen LogP contribution < -0.4 is 0 Å². The van der Waals surface area contributed by atoms with Crippen LogP contribution in [0.25, 0.3) is 0 Å². The largest absolute Gasteiger partial charge is 0.386 e. The van der Waals surface area contributed by atoms with Gasteiger partial charge in [-0.15, -0.1) is 0 Å². The Morgan fingerprint density at radius 1 is 1.26 bits per heavy atom. The highest BCUT2D eigenvalue weighted by Gasteiger charge is 2.23. The number of nitrogens with zero attached hydrogens (tertiary/aromatic N) is 1. The van der Waals surface area contributed by atoms with E-state index < -0.39 is 6.10 Å². The molecule has 0 unspecified atom stereocenters. The summed E-state index contributed by atoms with van der Waals surface area (Å²) in [5.74, 6) is 0.107. The zero-order valence-corrected chi connectivity index (χ0v) is 12.2. The van der Waals surface area contributed by atoms with Crippen LogP contribution in [0.3, 0.4) is 0 Å². The summed E-state index contributed by atoms with van der Waals surface area (Å²) in [6.07, 6.45) is 3.04. The molecule has 0 saturated heterocycles. The third-order valence-electron chi connectivity index (χ3n) is 3.60. The molecule has 0 aliphatic carbocycles. The first-order valence-corrected chi connectivity index (χ1v) is 7.06. The molecule has 1 aromatic carbocycles. The summed E-state index contributed by atoms with van der Waals surface area (Å²) < 4.78 is 0. The first-order valence-electron chi connectivity index (χ1n) is 7.06. The van der Waals surface area contributed by atoms with Crippen molar-refractivity contribution in [1.82, 2.24) is 4.90 Å². The maximum absolute atomic E-state index is 12.0. The highest BCUT2D eigenvalue weighted by molar-refractivity contribution is 5.76. The van der Waals surface area contributed by atoms with E-state index >= 15 is 0 Å². The minimum atomic E-state index is -0.638. The molecule has 0 heterocycles. The Morgan fingerprint density at radius 2 is 1.89 bits per heavy atom. The number of aliphatic hydroxyl groups excluding tert-OH is 1. The summed E-state index contributed by atoms with van der Waals surface area (Å²) in [6.45, 7) is 4.01. The van der Waals surface area contributed by atoms with Gasteiger partial charge in [-0.3, -0.25) is 4.79 Å². The number of rotatable bonds is 7. The highest BCUT2D eigenvalue weighted by Crippen LogP contribution is 2.20. The molecule has 0 aliphatic rings. The average Bonchev–Trinajstić information content (AvgIpc) is 2.46. The van der Waals surface area contributed by atoms with Gasteiger partial charge in [0.05, 0.1) is 12.1 Å². The van der Waals surface area contributed by atoms with Gasteiger partial charge in [0.15, 0.2) is 0 Å². The van der Waals surface area contributed by atoms with E-state index in [4.69, 9.17) is 0 Å². The van der Waals surface area contributed by atoms with E-state index in [1.165, 1.54) is 0 Å². The molecular weight excluding hydrogens is 238 g/mol. The fourth-order valence-electron chi connectivity index (χ4n) is 2.07. The fraction of sp³-hybridized carbons (Fsp3) is 0.562. The summed E-state index contributed by atoms with van der Waals surface area (Å²) in [6, 6.07) is 9.27. The number of likely N-dealkylation sites (N-methyl/N-ethyl adjacent to an activating group) is 1. The van der Waals surface area contributed by atoms with Crippen LogP contribution in [0.1, 0.15) is 51.2 Å². The maximum atomic E-state index is 12.0. The number of hydrogen-bond donors (Lipinski definition) is 1. The lowest BCUT2D eigenvalue weighted by molar-refractivity contribution is -0.134. The number of benzene rings is 1. The molecule has 106 valence electrons. The minimum Gasteiger partial charge on any atom is -0.386 e. The van der Waals surface area contributed by atoms with E-state index in [0.29, 0.717) is 6.42 Å². The van der Waals surface area contributed by atoms with Crippen LogP contribution in [0.2, 0.25) is 0 Å². The molecule has 0 aliphatic heterocycles. The molecule has 19 heavy (non-hydrogen) atoms. The van der Waals surface area contributed by atoms with Gasteiger partial charge < -0.3 is 10.0 Å². The van der Waals surface area contributed by atoms with Gasteiger partial charge in [0.1, 0.15) is 0 Å². The summed E-state index contributed by atoms with van der Waals surface area (Å²) >= 11 is 0. The van der Waals surface area contributed by atoms with Crippen molar-refractivity contribution in [1.29, 1.82) is 0 Å². The molecule has 0 spiro atoms. The summed E-state index contributed by atoms with van der Waals surface area (Å²) in [5, 5.41) is 10.3. The maximum Gasteiger partial charge on any atom is 0.222 e. The van der Waals surface area contributed by atoms with Crippen LogP contribution in [-0.2, 0) is 4.79 Å². The van der Waals surface area contributed by atoms with E-state index in [1.54, 1.807) is 11.9 Å². The predicted octanol–water partition coefficient (Wildman–Crippen LogP) is 3.15. The quantitative estimate of drug-likeness (QED) is 0.768. The summed E-state index contributed by atoms with van der Waals surface area (Å²) in [4.78, 5) is 13.7. The second kappa shape index (κ2) is 7.95. The average molecular weight is 263 g/mol. The Morgan fingerprint density at radius 3 is 2.47 bits per heavy atom. The number of carbonyl (C=O) groups is 1. The number of unbranched alkanes of at least 4 members (excludes halogenated alkanes) is 2. The van der Waals surface area contributed by atoms with Crippen LogP contribution >= 0.6 is 0 Å². The monoisotopic (exact) mass is 263 g/mol. The van der Waals surface area contributed by atoms with Crippen LogP contribution in [-0.4, -0.2) is 29.0 Å². The smallest absolute Gasteiger partial charge is 0.222 e. The van der Waals surface area contributed by atoms with Crippen molar-refractivity contribution < 1.29 is 9.90 Å². The molecule has 3 nitrogen and oxygen atoms in total. The lowest BCUT2D eigenvalue weighted by Crippen LogP contribution is -2.38. The lowest BCUT2D eigenvalue weighted by Gasteiger charge is -2.29. The second-order valence-corrected chi connectivity index (χ2v) is 5.06. The van der Waals surface area contributed by atoms with Crippen LogP contribution in [0.5, 0.6) is 0 Å². The Bertz CT molecular complexity index is 378. The number of hydrogen-bond acceptors (Lipinski definition) is 2. The highest BCUT2D eigenvalue weighted by atomic mass is 16.3. The standard InChI is InChI=1S/C16H25NO2/c1-4-5-7-12-15(18)17(3)13(2)16(19)14-10-8-6-9-11-14/h6,8-11,13,16,19H,4-5,7,12H2,1-3H3/t13-,16+/m0/s1.